The van der Waals surface area contributed by atoms with Crippen LogP contribution in [0.25, 0.3) is 0 Å². The number of aliphatic hydroxyl groups is 2. The van der Waals surface area contributed by atoms with Crippen LogP contribution in [0.3, 0.4) is 0 Å². The van der Waals surface area contributed by atoms with Gasteiger partial charge >= 0.3 is 0 Å². The Labute approximate surface area is 145 Å². The molecule has 0 aromatic heterocycles. The third kappa shape index (κ3) is 6.90. The Balaban J connectivity index is 3.02. The molecular formula is C16H26O6S2. The van der Waals surface area contributed by atoms with Crippen molar-refractivity contribution in [2.24, 2.45) is 0 Å². The van der Waals surface area contributed by atoms with Gasteiger partial charge in [-0.3, -0.25) is 4.79 Å². The lowest BCUT2D eigenvalue weighted by Crippen LogP contribution is -2.28. The molecule has 8 heteroatoms. The Morgan fingerprint density at radius 1 is 1.04 bits per heavy atom. The van der Waals surface area contributed by atoms with E-state index in [-0.39, 0.29) is 42.0 Å². The zero-order valence-corrected chi connectivity index (χ0v) is 15.5. The Bertz CT molecular complexity index is 594. The van der Waals surface area contributed by atoms with Crippen LogP contribution in [0.1, 0.15) is 30.1 Å². The number of carbonyl (C=O) groups is 1. The van der Waals surface area contributed by atoms with Gasteiger partial charge in [0.25, 0.3) is 10.1 Å². The molecule has 0 aliphatic carbocycles. The molecule has 0 bridgehead atoms. The topological polar surface area (TPSA) is 101 Å². The highest BCUT2D eigenvalue weighted by molar-refractivity contribution is 8.33. The van der Waals surface area contributed by atoms with E-state index in [2.05, 4.69) is 0 Å². The van der Waals surface area contributed by atoms with Gasteiger partial charge in [0.15, 0.2) is 5.78 Å². The minimum absolute atomic E-state index is 0.0392. The molecule has 0 heterocycles. The van der Waals surface area contributed by atoms with Crippen molar-refractivity contribution in [3.05, 3.63) is 35.9 Å². The summed E-state index contributed by atoms with van der Waals surface area (Å²) in [6.07, 6.45) is 1.16. The van der Waals surface area contributed by atoms with Crippen molar-refractivity contribution in [3.8, 4) is 0 Å². The third-order valence-electron chi connectivity index (χ3n) is 3.41. The van der Waals surface area contributed by atoms with E-state index in [0.29, 0.717) is 18.4 Å². The maximum atomic E-state index is 12.5. The van der Waals surface area contributed by atoms with Gasteiger partial charge in [0.1, 0.15) is 0 Å². The summed E-state index contributed by atoms with van der Waals surface area (Å²) in [6, 6.07) is 8.53. The van der Waals surface area contributed by atoms with E-state index >= 15 is 0 Å². The first kappa shape index (κ1) is 21.1. The molecule has 6 nitrogen and oxygen atoms in total. The standard InChI is InChI=1S/C16H26O6S2/c1-2-3-11-24(20,21)22-23(12-9-17,13-10-18)14-16(19)15-7-5-4-6-8-15/h4-8,17-18H,2-3,9-14H2,1H3. The first-order valence-electron chi connectivity index (χ1n) is 7.88. The molecule has 0 saturated heterocycles. The fourth-order valence-corrected chi connectivity index (χ4v) is 7.41. The number of rotatable bonds is 12. The van der Waals surface area contributed by atoms with E-state index in [0.717, 1.165) is 0 Å². The fourth-order valence-electron chi connectivity index (χ4n) is 2.19. The summed E-state index contributed by atoms with van der Waals surface area (Å²) in [5, 5.41) is 18.7. The highest BCUT2D eigenvalue weighted by Crippen LogP contribution is 2.50. The maximum Gasteiger partial charge on any atom is 0.276 e. The molecule has 1 aromatic rings. The first-order chi connectivity index (χ1) is 11.4. The highest BCUT2D eigenvalue weighted by Gasteiger charge is 2.33. The molecule has 1 rings (SSSR count). The van der Waals surface area contributed by atoms with Crippen LogP contribution in [0.15, 0.2) is 30.3 Å². The SMILES string of the molecule is CCCCS(=O)(=O)OS(CCO)(CCO)CC(=O)c1ccccc1. The minimum Gasteiger partial charge on any atom is -0.395 e. The number of unbranched alkanes of at least 4 members (excludes halogenated alkanes) is 1. The highest BCUT2D eigenvalue weighted by atomic mass is 32.3. The monoisotopic (exact) mass is 378 g/mol. The Kier molecular flexibility index (Phi) is 8.93. The van der Waals surface area contributed by atoms with Crippen molar-refractivity contribution in [2.75, 3.05) is 36.2 Å². The Hall–Kier alpha value is -0.930. The summed E-state index contributed by atoms with van der Waals surface area (Å²) < 4.78 is 29.8. The molecule has 0 unspecified atom stereocenters. The van der Waals surface area contributed by atoms with Crippen LogP contribution in [-0.2, 0) is 13.7 Å². The fraction of sp³-hybridized carbons (Fsp3) is 0.562. The molecule has 0 aliphatic rings. The lowest BCUT2D eigenvalue weighted by molar-refractivity contribution is 0.102. The second kappa shape index (κ2) is 10.1. The average Bonchev–Trinajstić information content (AvgIpc) is 2.54. The largest absolute Gasteiger partial charge is 0.395 e. The van der Waals surface area contributed by atoms with Gasteiger partial charge in [-0.2, -0.15) is 8.42 Å². The molecule has 1 aromatic carbocycles. The first-order valence-corrected chi connectivity index (χ1v) is 11.5. The molecule has 24 heavy (non-hydrogen) atoms. The summed E-state index contributed by atoms with van der Waals surface area (Å²) >= 11 is 0. The van der Waals surface area contributed by atoms with Crippen LogP contribution in [0.5, 0.6) is 0 Å². The van der Waals surface area contributed by atoms with Gasteiger partial charge in [-0.15, -0.1) is 10.3 Å². The quantitative estimate of drug-likeness (QED) is 0.537. The van der Waals surface area contributed by atoms with Crippen molar-refractivity contribution >= 4 is 26.2 Å². The van der Waals surface area contributed by atoms with Crippen LogP contribution in [0.2, 0.25) is 0 Å². The van der Waals surface area contributed by atoms with Gasteiger partial charge in [0.2, 0.25) is 0 Å². The minimum atomic E-state index is -3.81. The van der Waals surface area contributed by atoms with Gasteiger partial charge in [-0.05, 0) is 6.42 Å². The van der Waals surface area contributed by atoms with E-state index in [1.807, 2.05) is 6.92 Å². The van der Waals surface area contributed by atoms with Crippen molar-refractivity contribution < 1.29 is 27.1 Å². The van der Waals surface area contributed by atoms with Crippen LogP contribution in [0.4, 0.5) is 0 Å². The lowest BCUT2D eigenvalue weighted by atomic mass is 10.2. The van der Waals surface area contributed by atoms with Gasteiger partial charge in [0, 0.05) is 17.1 Å². The molecule has 2 N–H and O–H groups in total. The van der Waals surface area contributed by atoms with Crippen molar-refractivity contribution in [2.45, 2.75) is 19.8 Å². The Morgan fingerprint density at radius 2 is 1.62 bits per heavy atom. The number of ketones is 1. The van der Waals surface area contributed by atoms with E-state index in [1.54, 1.807) is 30.3 Å². The lowest BCUT2D eigenvalue weighted by Gasteiger charge is -2.36. The predicted molar refractivity (Wildman–Crippen MR) is 96.9 cm³/mol. The number of aliphatic hydroxyl groups excluding tert-OH is 2. The van der Waals surface area contributed by atoms with Crippen LogP contribution in [0, 0.1) is 0 Å². The van der Waals surface area contributed by atoms with E-state index < -0.39 is 20.4 Å². The van der Waals surface area contributed by atoms with Crippen LogP contribution < -0.4 is 0 Å². The van der Waals surface area contributed by atoms with E-state index in [1.165, 1.54) is 0 Å². The summed E-state index contributed by atoms with van der Waals surface area (Å²) in [7, 11) is -6.28. The van der Waals surface area contributed by atoms with Gasteiger partial charge in [-0.1, -0.05) is 43.7 Å². The molecule has 0 aliphatic heterocycles. The predicted octanol–water partition coefficient (Wildman–Crippen LogP) is 1.72. The summed E-state index contributed by atoms with van der Waals surface area (Å²) in [6.45, 7) is 1.26. The van der Waals surface area contributed by atoms with E-state index in [9.17, 15) is 23.4 Å². The smallest absolute Gasteiger partial charge is 0.276 e. The number of Topliss-reactive ketones (excluding diaryl/α,β-unsaturated/α-hetero) is 1. The molecule has 0 spiro atoms. The maximum absolute atomic E-state index is 12.5. The zero-order chi connectivity index (χ0) is 18.1. The summed E-state index contributed by atoms with van der Waals surface area (Å²) in [5.41, 5.74) is 0.458. The van der Waals surface area contributed by atoms with Crippen molar-refractivity contribution in [1.82, 2.24) is 0 Å². The molecule has 0 fully saturated rings. The average molecular weight is 379 g/mol. The van der Waals surface area contributed by atoms with Gasteiger partial charge in [-0.25, -0.2) is 3.63 Å². The number of benzene rings is 1. The van der Waals surface area contributed by atoms with Gasteiger partial charge < -0.3 is 10.2 Å². The van der Waals surface area contributed by atoms with Gasteiger partial charge in [0.05, 0.1) is 24.7 Å². The molecule has 138 valence electrons. The van der Waals surface area contributed by atoms with Crippen molar-refractivity contribution in [3.63, 3.8) is 0 Å². The van der Waals surface area contributed by atoms with Crippen LogP contribution >= 0.6 is 10.3 Å². The van der Waals surface area contributed by atoms with Crippen LogP contribution in [-0.4, -0.2) is 60.6 Å². The van der Waals surface area contributed by atoms with Crippen molar-refractivity contribution in [1.29, 1.82) is 0 Å². The molecular weight excluding hydrogens is 352 g/mol. The zero-order valence-electron chi connectivity index (χ0n) is 13.9. The third-order valence-corrected chi connectivity index (χ3v) is 8.83. The normalized spacial score (nSPS) is 13.0. The van der Waals surface area contributed by atoms with E-state index in [4.69, 9.17) is 3.63 Å². The Morgan fingerprint density at radius 3 is 2.12 bits per heavy atom. The number of hydrogen-bond acceptors (Lipinski definition) is 6. The molecule has 0 atom stereocenters. The second-order valence-corrected chi connectivity index (χ2v) is 10.5. The molecule has 0 radical (unpaired) electrons. The number of carbonyl (C=O) groups excluding carboxylic acids is 1. The molecule has 0 amide bonds. The second-order valence-electron chi connectivity index (χ2n) is 5.44. The summed E-state index contributed by atoms with van der Waals surface area (Å²) in [4.78, 5) is 12.5. The summed E-state index contributed by atoms with van der Waals surface area (Å²) in [5.74, 6) is -0.439. The number of hydrogen-bond donors (Lipinski definition) is 2. The molecule has 0 saturated carbocycles.